The van der Waals surface area contributed by atoms with E-state index in [0.717, 1.165) is 72.3 Å². The summed E-state index contributed by atoms with van der Waals surface area (Å²) in [6.45, 7) is 13.2. The summed E-state index contributed by atoms with van der Waals surface area (Å²) < 4.78 is 46.4. The molecular formula is C30H42F3NO2S. The number of nitrogens with zero attached hydrogens (tertiary/aromatic N) is 1. The Morgan fingerprint density at radius 1 is 1.08 bits per heavy atom. The maximum atomic E-state index is 13.2. The van der Waals surface area contributed by atoms with Crippen molar-refractivity contribution in [3.8, 4) is 0 Å². The van der Waals surface area contributed by atoms with Crippen LogP contribution in [0.5, 0.6) is 0 Å². The van der Waals surface area contributed by atoms with Gasteiger partial charge in [0.05, 0.1) is 17.4 Å². The quantitative estimate of drug-likeness (QED) is 0.415. The number of hydrogen-bond donors (Lipinski definition) is 1. The molecule has 1 saturated carbocycles. The first-order chi connectivity index (χ1) is 16.9. The fourth-order valence-electron chi connectivity index (χ4n) is 5.39. The molecule has 0 aliphatic heterocycles. The standard InChI is InChI=1S/C30H42F3NO2S/c1-18-24-22(16-29(5,6)17-23(24)36-37(7,8)28(2,3)4)34-26(19-10-9-11-19)25(18)27(35)20-12-14-21(15-13-20)30(31,32)33/h12-15,19,23,27,35H,9-11,16-17H2,1-8H3/t23?,27-/m0/s1. The van der Waals surface area contributed by atoms with E-state index in [0.29, 0.717) is 5.56 Å². The van der Waals surface area contributed by atoms with Crippen molar-refractivity contribution in [2.45, 2.75) is 103 Å². The summed E-state index contributed by atoms with van der Waals surface area (Å²) in [6, 6.07) is 4.88. The Morgan fingerprint density at radius 2 is 1.68 bits per heavy atom. The van der Waals surface area contributed by atoms with Crippen LogP contribution in [-0.2, 0) is 16.8 Å². The highest BCUT2D eigenvalue weighted by Crippen LogP contribution is 2.60. The molecule has 1 aromatic carbocycles. The fourth-order valence-corrected chi connectivity index (χ4v) is 6.42. The number of aromatic nitrogens is 1. The number of fused-ring (bicyclic) bond motifs is 1. The Bertz CT molecular complexity index is 1150. The summed E-state index contributed by atoms with van der Waals surface area (Å²) in [5.74, 6) is 0.268. The highest BCUT2D eigenvalue weighted by atomic mass is 32.3. The maximum Gasteiger partial charge on any atom is 0.416 e. The Hall–Kier alpha value is -1.57. The van der Waals surface area contributed by atoms with E-state index in [1.165, 1.54) is 12.1 Å². The summed E-state index contributed by atoms with van der Waals surface area (Å²) in [4.78, 5) is 5.23. The van der Waals surface area contributed by atoms with Crippen LogP contribution in [0.4, 0.5) is 13.2 Å². The molecule has 4 rings (SSSR count). The highest BCUT2D eigenvalue weighted by Gasteiger charge is 2.42. The van der Waals surface area contributed by atoms with Crippen molar-refractivity contribution in [2.75, 3.05) is 12.5 Å². The Labute approximate surface area is 221 Å². The number of halogens is 3. The third-order valence-electron chi connectivity index (χ3n) is 8.51. The zero-order valence-electron chi connectivity index (χ0n) is 23.4. The second-order valence-corrected chi connectivity index (χ2v) is 16.9. The number of rotatable bonds is 5. The van der Waals surface area contributed by atoms with Gasteiger partial charge in [-0.05, 0) is 73.8 Å². The minimum Gasteiger partial charge on any atom is -0.384 e. The molecule has 1 fully saturated rings. The average molecular weight is 538 g/mol. The lowest BCUT2D eigenvalue weighted by molar-refractivity contribution is -0.137. The molecule has 2 aliphatic carbocycles. The second-order valence-electron chi connectivity index (χ2n) is 13.0. The van der Waals surface area contributed by atoms with Gasteiger partial charge in [0.2, 0.25) is 0 Å². The van der Waals surface area contributed by atoms with Crippen molar-refractivity contribution in [3.05, 3.63) is 63.5 Å². The first-order valence-electron chi connectivity index (χ1n) is 13.2. The Morgan fingerprint density at radius 3 is 2.16 bits per heavy atom. The van der Waals surface area contributed by atoms with Gasteiger partial charge in [-0.2, -0.15) is 13.2 Å². The second kappa shape index (κ2) is 9.56. The molecular weight excluding hydrogens is 495 g/mol. The summed E-state index contributed by atoms with van der Waals surface area (Å²) in [5.41, 5.74) is 4.51. The molecule has 2 aromatic rings. The normalized spacial score (nSPS) is 21.8. The van der Waals surface area contributed by atoms with Gasteiger partial charge in [-0.15, -0.1) is 10.3 Å². The van der Waals surface area contributed by atoms with Crippen molar-refractivity contribution in [3.63, 3.8) is 0 Å². The molecule has 206 valence electrons. The predicted octanol–water partition coefficient (Wildman–Crippen LogP) is 8.57. The first-order valence-corrected chi connectivity index (χ1v) is 15.6. The van der Waals surface area contributed by atoms with Crippen molar-refractivity contribution in [1.29, 1.82) is 0 Å². The zero-order chi connectivity index (χ0) is 27.6. The van der Waals surface area contributed by atoms with E-state index in [1.807, 2.05) is 6.92 Å². The molecule has 7 heteroatoms. The number of aliphatic hydroxyl groups excluding tert-OH is 1. The van der Waals surface area contributed by atoms with Gasteiger partial charge in [0, 0.05) is 27.5 Å². The van der Waals surface area contributed by atoms with Crippen LogP contribution in [0.15, 0.2) is 24.3 Å². The van der Waals surface area contributed by atoms with Crippen molar-refractivity contribution < 1.29 is 22.5 Å². The summed E-state index contributed by atoms with van der Waals surface area (Å²) in [7, 11) is -1.43. The van der Waals surface area contributed by atoms with Crippen LogP contribution in [0.2, 0.25) is 0 Å². The monoisotopic (exact) mass is 537 g/mol. The fraction of sp³-hybridized carbons (Fsp3) is 0.633. The van der Waals surface area contributed by atoms with Gasteiger partial charge in [-0.1, -0.05) is 53.2 Å². The number of benzene rings is 1. The molecule has 0 amide bonds. The van der Waals surface area contributed by atoms with Crippen LogP contribution in [0.25, 0.3) is 0 Å². The van der Waals surface area contributed by atoms with Gasteiger partial charge in [0.1, 0.15) is 6.10 Å². The van der Waals surface area contributed by atoms with Gasteiger partial charge < -0.3 is 9.29 Å². The molecule has 0 radical (unpaired) electrons. The smallest absolute Gasteiger partial charge is 0.384 e. The predicted molar refractivity (Wildman–Crippen MR) is 146 cm³/mol. The molecule has 2 atom stereocenters. The molecule has 1 aromatic heterocycles. The molecule has 0 saturated heterocycles. The van der Waals surface area contributed by atoms with E-state index in [-0.39, 0.29) is 22.2 Å². The highest BCUT2D eigenvalue weighted by molar-refractivity contribution is 8.29. The van der Waals surface area contributed by atoms with E-state index < -0.39 is 28.2 Å². The molecule has 2 aliphatic rings. The largest absolute Gasteiger partial charge is 0.416 e. The molecule has 1 N–H and O–H groups in total. The topological polar surface area (TPSA) is 42.4 Å². The molecule has 1 heterocycles. The SMILES string of the molecule is Cc1c2c(nc(C3CCC3)c1[C@@H](O)c1ccc(C(F)(F)F)cc1)CC(C)(C)CC2OS(C)(C)C(C)(C)C. The van der Waals surface area contributed by atoms with E-state index in [4.69, 9.17) is 9.17 Å². The van der Waals surface area contributed by atoms with Crippen LogP contribution < -0.4 is 0 Å². The number of alkyl halides is 3. The van der Waals surface area contributed by atoms with Crippen LogP contribution in [0.3, 0.4) is 0 Å². The lowest BCUT2D eigenvalue weighted by atomic mass is 9.71. The molecule has 1 unspecified atom stereocenters. The Balaban J connectivity index is 1.85. The van der Waals surface area contributed by atoms with Gasteiger partial charge in [-0.25, -0.2) is 0 Å². The van der Waals surface area contributed by atoms with E-state index in [9.17, 15) is 18.3 Å². The van der Waals surface area contributed by atoms with Gasteiger partial charge in [0.25, 0.3) is 0 Å². The van der Waals surface area contributed by atoms with Crippen LogP contribution in [0.1, 0.15) is 118 Å². The van der Waals surface area contributed by atoms with Crippen LogP contribution in [0, 0.1) is 12.3 Å². The molecule has 0 bridgehead atoms. The number of pyridine rings is 1. The van der Waals surface area contributed by atoms with Crippen molar-refractivity contribution >= 4 is 10.3 Å². The third kappa shape index (κ3) is 5.60. The molecule has 37 heavy (non-hydrogen) atoms. The molecule has 3 nitrogen and oxygen atoms in total. The van der Waals surface area contributed by atoms with Crippen LogP contribution in [-0.4, -0.2) is 27.3 Å². The van der Waals surface area contributed by atoms with E-state index in [1.54, 1.807) is 0 Å². The van der Waals surface area contributed by atoms with E-state index >= 15 is 0 Å². The summed E-state index contributed by atoms with van der Waals surface area (Å²) in [5, 5.41) is 11.6. The van der Waals surface area contributed by atoms with Crippen molar-refractivity contribution in [1.82, 2.24) is 4.98 Å². The zero-order valence-corrected chi connectivity index (χ0v) is 24.2. The van der Waals surface area contributed by atoms with E-state index in [2.05, 4.69) is 47.1 Å². The maximum absolute atomic E-state index is 13.2. The first kappa shape index (κ1) is 28.4. The Kier molecular flexibility index (Phi) is 7.35. The van der Waals surface area contributed by atoms with Gasteiger partial charge >= 0.3 is 6.18 Å². The summed E-state index contributed by atoms with van der Waals surface area (Å²) >= 11 is 0. The number of aliphatic hydroxyl groups is 1. The van der Waals surface area contributed by atoms with Crippen LogP contribution >= 0.6 is 10.3 Å². The molecule has 0 spiro atoms. The third-order valence-corrected chi connectivity index (χ3v) is 12.2. The van der Waals surface area contributed by atoms with Crippen molar-refractivity contribution in [2.24, 2.45) is 5.41 Å². The lowest BCUT2D eigenvalue weighted by Crippen LogP contribution is -2.34. The average Bonchev–Trinajstić information content (AvgIpc) is 2.69. The minimum atomic E-state index is -4.41. The lowest BCUT2D eigenvalue weighted by Gasteiger charge is -2.49. The van der Waals surface area contributed by atoms with Gasteiger partial charge in [-0.3, -0.25) is 4.98 Å². The number of hydrogen-bond acceptors (Lipinski definition) is 3. The van der Waals surface area contributed by atoms with Gasteiger partial charge in [0.15, 0.2) is 0 Å². The summed E-state index contributed by atoms with van der Waals surface area (Å²) in [6.07, 6.45) is 3.65. The minimum absolute atomic E-state index is 0.00939.